The Morgan fingerprint density at radius 2 is 1.88 bits per heavy atom. The van der Waals surface area contributed by atoms with Gasteiger partial charge in [-0.15, -0.1) is 0 Å². The molecule has 2 rings (SSSR count). The number of benzene rings is 1. The SMILES string of the molecule is COc1ccc(CN(C)C(=O)NCc2ccc(N(C)C)nc2)cc1C. The Labute approximate surface area is 149 Å². The summed E-state index contributed by atoms with van der Waals surface area (Å²) in [5, 5.41) is 2.91. The summed E-state index contributed by atoms with van der Waals surface area (Å²) in [5.74, 6) is 1.74. The number of nitrogens with one attached hydrogen (secondary N) is 1. The maximum atomic E-state index is 12.3. The number of pyridine rings is 1. The van der Waals surface area contributed by atoms with Gasteiger partial charge >= 0.3 is 6.03 Å². The third kappa shape index (κ3) is 5.11. The fourth-order valence-electron chi connectivity index (χ4n) is 2.48. The Bertz CT molecular complexity index is 714. The van der Waals surface area contributed by atoms with Gasteiger partial charge in [0, 0.05) is 40.4 Å². The number of amides is 2. The second-order valence-corrected chi connectivity index (χ2v) is 6.24. The van der Waals surface area contributed by atoms with Crippen molar-refractivity contribution in [2.75, 3.05) is 33.2 Å². The Balaban J connectivity index is 1.88. The molecule has 0 spiro atoms. The Morgan fingerprint density at radius 1 is 1.16 bits per heavy atom. The van der Waals surface area contributed by atoms with Crippen LogP contribution in [0.4, 0.5) is 10.6 Å². The number of aryl methyl sites for hydroxylation is 1. The zero-order valence-corrected chi connectivity index (χ0v) is 15.5. The number of nitrogens with zero attached hydrogens (tertiary/aromatic N) is 3. The highest BCUT2D eigenvalue weighted by Gasteiger charge is 2.10. The summed E-state index contributed by atoms with van der Waals surface area (Å²) >= 11 is 0. The van der Waals surface area contributed by atoms with Crippen molar-refractivity contribution >= 4 is 11.8 Å². The molecule has 0 atom stereocenters. The average molecular weight is 342 g/mol. The molecule has 0 bridgehead atoms. The third-order valence-corrected chi connectivity index (χ3v) is 3.94. The number of hydrogen-bond acceptors (Lipinski definition) is 4. The van der Waals surface area contributed by atoms with E-state index in [1.807, 2.05) is 56.3 Å². The summed E-state index contributed by atoms with van der Waals surface area (Å²) in [4.78, 5) is 20.2. The van der Waals surface area contributed by atoms with Crippen LogP contribution in [0.5, 0.6) is 5.75 Å². The van der Waals surface area contributed by atoms with Gasteiger partial charge in [0.25, 0.3) is 0 Å². The highest BCUT2D eigenvalue weighted by Crippen LogP contribution is 2.19. The number of carbonyl (C=O) groups excluding carboxylic acids is 1. The van der Waals surface area contributed by atoms with E-state index in [0.29, 0.717) is 13.1 Å². The van der Waals surface area contributed by atoms with Gasteiger partial charge in [-0.2, -0.15) is 0 Å². The molecule has 134 valence electrons. The molecule has 6 nitrogen and oxygen atoms in total. The van der Waals surface area contributed by atoms with Crippen molar-refractivity contribution in [1.82, 2.24) is 15.2 Å². The molecule has 1 heterocycles. The summed E-state index contributed by atoms with van der Waals surface area (Å²) in [6.07, 6.45) is 1.78. The van der Waals surface area contributed by atoms with Crippen molar-refractivity contribution < 1.29 is 9.53 Å². The van der Waals surface area contributed by atoms with Gasteiger partial charge in [-0.25, -0.2) is 9.78 Å². The fourth-order valence-corrected chi connectivity index (χ4v) is 2.48. The van der Waals surface area contributed by atoms with Crippen LogP contribution in [0.25, 0.3) is 0 Å². The maximum Gasteiger partial charge on any atom is 0.317 e. The van der Waals surface area contributed by atoms with Crippen molar-refractivity contribution in [2.45, 2.75) is 20.0 Å². The first-order valence-electron chi connectivity index (χ1n) is 8.15. The lowest BCUT2D eigenvalue weighted by Gasteiger charge is -2.19. The number of methoxy groups -OCH3 is 1. The summed E-state index contributed by atoms with van der Waals surface area (Å²) in [6, 6.07) is 9.71. The zero-order valence-electron chi connectivity index (χ0n) is 15.5. The summed E-state index contributed by atoms with van der Waals surface area (Å²) in [6.45, 7) is 2.98. The molecule has 0 aliphatic carbocycles. The molecule has 0 saturated carbocycles. The molecule has 0 aliphatic rings. The van der Waals surface area contributed by atoms with E-state index in [1.54, 1.807) is 25.3 Å². The Hall–Kier alpha value is -2.76. The highest BCUT2D eigenvalue weighted by atomic mass is 16.5. The molecule has 1 aromatic heterocycles. The van der Waals surface area contributed by atoms with Crippen molar-refractivity contribution in [1.29, 1.82) is 0 Å². The molecule has 0 saturated heterocycles. The van der Waals surface area contributed by atoms with Crippen molar-refractivity contribution in [3.63, 3.8) is 0 Å². The number of urea groups is 1. The topological polar surface area (TPSA) is 57.7 Å². The van der Waals surface area contributed by atoms with Gasteiger partial charge in [0.15, 0.2) is 0 Å². The second-order valence-electron chi connectivity index (χ2n) is 6.24. The lowest BCUT2D eigenvalue weighted by molar-refractivity contribution is 0.206. The van der Waals surface area contributed by atoms with Crippen LogP contribution in [0.15, 0.2) is 36.5 Å². The first-order chi connectivity index (χ1) is 11.9. The Kier molecular flexibility index (Phi) is 6.22. The van der Waals surface area contributed by atoms with E-state index < -0.39 is 0 Å². The minimum Gasteiger partial charge on any atom is -0.496 e. The van der Waals surface area contributed by atoms with E-state index in [1.165, 1.54) is 0 Å². The van der Waals surface area contributed by atoms with Gasteiger partial charge in [-0.05, 0) is 35.7 Å². The van der Waals surface area contributed by atoms with E-state index in [-0.39, 0.29) is 6.03 Å². The Morgan fingerprint density at radius 3 is 2.44 bits per heavy atom. The first kappa shape index (κ1) is 18.6. The molecule has 0 aliphatic heterocycles. The second kappa shape index (κ2) is 8.37. The van der Waals surface area contributed by atoms with Crippen molar-refractivity contribution in [3.05, 3.63) is 53.2 Å². The quantitative estimate of drug-likeness (QED) is 0.877. The molecule has 0 fully saturated rings. The highest BCUT2D eigenvalue weighted by molar-refractivity contribution is 5.73. The molecule has 1 N–H and O–H groups in total. The number of ether oxygens (including phenoxy) is 1. The van der Waals surface area contributed by atoms with Crippen LogP contribution in [0.1, 0.15) is 16.7 Å². The van der Waals surface area contributed by atoms with E-state index in [0.717, 1.165) is 28.3 Å². The molecule has 1 aromatic carbocycles. The lowest BCUT2D eigenvalue weighted by atomic mass is 10.1. The zero-order chi connectivity index (χ0) is 18.4. The van der Waals surface area contributed by atoms with E-state index in [2.05, 4.69) is 10.3 Å². The normalized spacial score (nSPS) is 10.3. The monoisotopic (exact) mass is 342 g/mol. The van der Waals surface area contributed by atoms with Crippen LogP contribution in [-0.2, 0) is 13.1 Å². The van der Waals surface area contributed by atoms with Crippen LogP contribution in [-0.4, -0.2) is 44.2 Å². The van der Waals surface area contributed by atoms with Crippen LogP contribution in [0.2, 0.25) is 0 Å². The summed E-state index contributed by atoms with van der Waals surface area (Å²) < 4.78 is 5.26. The van der Waals surface area contributed by atoms with Gasteiger partial charge in [-0.3, -0.25) is 0 Å². The van der Waals surface area contributed by atoms with Gasteiger partial charge in [0.05, 0.1) is 7.11 Å². The molecule has 2 amide bonds. The first-order valence-corrected chi connectivity index (χ1v) is 8.15. The average Bonchev–Trinajstić information content (AvgIpc) is 2.60. The number of rotatable bonds is 6. The predicted octanol–water partition coefficient (Wildman–Crippen LogP) is 2.81. The van der Waals surface area contributed by atoms with Gasteiger partial charge in [0.2, 0.25) is 0 Å². The molecule has 25 heavy (non-hydrogen) atoms. The number of aromatic nitrogens is 1. The molecule has 0 radical (unpaired) electrons. The molecule has 0 unspecified atom stereocenters. The van der Waals surface area contributed by atoms with Crippen molar-refractivity contribution in [2.24, 2.45) is 0 Å². The van der Waals surface area contributed by atoms with Gasteiger partial charge in [0.1, 0.15) is 11.6 Å². The van der Waals surface area contributed by atoms with Crippen molar-refractivity contribution in [3.8, 4) is 5.75 Å². The minimum absolute atomic E-state index is 0.120. The molecular weight excluding hydrogens is 316 g/mol. The molecule has 2 aromatic rings. The number of carbonyl (C=O) groups is 1. The maximum absolute atomic E-state index is 12.3. The van der Waals surface area contributed by atoms with Crippen LogP contribution in [0, 0.1) is 6.92 Å². The van der Waals surface area contributed by atoms with E-state index in [4.69, 9.17) is 4.74 Å². The van der Waals surface area contributed by atoms with Crippen LogP contribution >= 0.6 is 0 Å². The third-order valence-electron chi connectivity index (χ3n) is 3.94. The number of anilines is 1. The predicted molar refractivity (Wildman–Crippen MR) is 100.0 cm³/mol. The minimum atomic E-state index is -0.120. The smallest absolute Gasteiger partial charge is 0.317 e. The van der Waals surface area contributed by atoms with Crippen LogP contribution < -0.4 is 15.0 Å². The number of hydrogen-bond donors (Lipinski definition) is 1. The van der Waals surface area contributed by atoms with Gasteiger partial charge < -0.3 is 19.9 Å². The van der Waals surface area contributed by atoms with Crippen LogP contribution in [0.3, 0.4) is 0 Å². The largest absolute Gasteiger partial charge is 0.496 e. The van der Waals surface area contributed by atoms with E-state index in [9.17, 15) is 4.79 Å². The fraction of sp³-hybridized carbons (Fsp3) is 0.368. The molecular formula is C19H26N4O2. The van der Waals surface area contributed by atoms with Gasteiger partial charge in [-0.1, -0.05) is 18.2 Å². The lowest BCUT2D eigenvalue weighted by Crippen LogP contribution is -2.36. The van der Waals surface area contributed by atoms with E-state index >= 15 is 0 Å². The standard InChI is InChI=1S/C19H26N4O2/c1-14-10-15(6-8-17(14)25-5)13-23(4)19(24)21-12-16-7-9-18(20-11-16)22(2)3/h6-11H,12-13H2,1-5H3,(H,21,24). The molecule has 6 heteroatoms. The summed E-state index contributed by atoms with van der Waals surface area (Å²) in [5.41, 5.74) is 3.08. The summed E-state index contributed by atoms with van der Waals surface area (Å²) in [7, 11) is 7.32.